The molecule has 0 aliphatic carbocycles. The van der Waals surface area contributed by atoms with Gasteiger partial charge in [0, 0.05) is 25.2 Å². The second-order valence-corrected chi connectivity index (χ2v) is 6.24. The summed E-state index contributed by atoms with van der Waals surface area (Å²) in [5.74, 6) is 0. The fourth-order valence-electron chi connectivity index (χ4n) is 2.04. The fraction of sp³-hybridized carbons (Fsp3) is 0.455. The molecule has 0 spiro atoms. The predicted molar refractivity (Wildman–Crippen MR) is 64.8 cm³/mol. The highest BCUT2D eigenvalue weighted by molar-refractivity contribution is 7.89. The minimum Gasteiger partial charge on any atom is -0.595 e. The second kappa shape index (κ2) is 5.33. The zero-order chi connectivity index (χ0) is 13.2. The molecule has 0 aromatic heterocycles. The van der Waals surface area contributed by atoms with Gasteiger partial charge in [-0.2, -0.15) is 9.53 Å². The van der Waals surface area contributed by atoms with Crippen LogP contribution in [0.5, 0.6) is 0 Å². The maximum atomic E-state index is 12.3. The summed E-state index contributed by atoms with van der Waals surface area (Å²) in [4.78, 5) is 0.0595. The van der Waals surface area contributed by atoms with Crippen molar-refractivity contribution in [3.05, 3.63) is 29.5 Å². The van der Waals surface area contributed by atoms with E-state index >= 15 is 0 Å². The van der Waals surface area contributed by atoms with Crippen molar-refractivity contribution in [2.75, 3.05) is 13.1 Å². The smallest absolute Gasteiger partial charge is 0.243 e. The van der Waals surface area contributed by atoms with E-state index in [1.54, 1.807) is 0 Å². The van der Waals surface area contributed by atoms with E-state index < -0.39 is 15.2 Å². The molecule has 18 heavy (non-hydrogen) atoms. The third-order valence-corrected chi connectivity index (χ3v) is 4.93. The molecule has 1 aromatic carbocycles. The van der Waals surface area contributed by atoms with Gasteiger partial charge < -0.3 is 5.21 Å². The first kappa shape index (κ1) is 13.4. The number of sulfonamides is 1. The van der Waals surface area contributed by atoms with Crippen LogP contribution >= 0.6 is 0 Å². The highest BCUT2D eigenvalue weighted by atomic mass is 32.2. The lowest BCUT2D eigenvalue weighted by Crippen LogP contribution is -2.99. The van der Waals surface area contributed by atoms with E-state index in [1.165, 1.54) is 28.6 Å². The van der Waals surface area contributed by atoms with Crippen LogP contribution in [0.25, 0.3) is 0 Å². The molecule has 0 amide bonds. The minimum absolute atomic E-state index is 0.00640. The maximum absolute atomic E-state index is 12.3. The molecule has 1 heterocycles. The van der Waals surface area contributed by atoms with E-state index in [0.717, 1.165) is 19.3 Å². The van der Waals surface area contributed by atoms with E-state index in [9.17, 15) is 13.6 Å². The van der Waals surface area contributed by atoms with Crippen molar-refractivity contribution in [2.45, 2.75) is 24.2 Å². The molecule has 2 N–H and O–H groups in total. The summed E-state index contributed by atoms with van der Waals surface area (Å²) in [5.41, 5.74) is -0.00640. The molecular weight excluding hydrogens is 256 g/mol. The Morgan fingerprint density at radius 3 is 2.50 bits per heavy atom. The number of piperidine rings is 1. The maximum Gasteiger partial charge on any atom is 0.243 e. The van der Waals surface area contributed by atoms with Gasteiger partial charge in [0.15, 0.2) is 5.69 Å². The van der Waals surface area contributed by atoms with Crippen molar-refractivity contribution in [3.63, 3.8) is 0 Å². The number of hydrogen-bond acceptors (Lipinski definition) is 4. The lowest BCUT2D eigenvalue weighted by Gasteiger charge is -2.26. The summed E-state index contributed by atoms with van der Waals surface area (Å²) in [7, 11) is -3.55. The van der Waals surface area contributed by atoms with Gasteiger partial charge in [-0.15, -0.1) is 0 Å². The highest BCUT2D eigenvalue weighted by Gasteiger charge is 2.26. The molecule has 0 bridgehead atoms. The molecule has 0 saturated carbocycles. The van der Waals surface area contributed by atoms with E-state index in [0.29, 0.717) is 13.1 Å². The Kier molecular flexibility index (Phi) is 3.98. The quantitative estimate of drug-likeness (QED) is 0.773. The third kappa shape index (κ3) is 2.70. The van der Waals surface area contributed by atoms with Gasteiger partial charge >= 0.3 is 0 Å². The van der Waals surface area contributed by atoms with Crippen molar-refractivity contribution < 1.29 is 18.9 Å². The predicted octanol–water partition coefficient (Wildman–Crippen LogP) is 0.265. The summed E-state index contributed by atoms with van der Waals surface area (Å²) in [6.07, 6.45) is 2.76. The monoisotopic (exact) mass is 272 g/mol. The molecule has 1 unspecified atom stereocenters. The summed E-state index contributed by atoms with van der Waals surface area (Å²) >= 11 is 0. The SMILES string of the molecule is O=S(=O)(c1cccc([NH+]([O-])O)c1)N1CCCCC1. The van der Waals surface area contributed by atoms with E-state index in [2.05, 4.69) is 0 Å². The van der Waals surface area contributed by atoms with Crippen LogP contribution in [0.4, 0.5) is 5.69 Å². The molecule has 1 aliphatic rings. The minimum atomic E-state index is -3.55. The number of nitrogens with one attached hydrogen (secondary N) is 1. The molecule has 1 aliphatic heterocycles. The molecule has 1 aromatic rings. The first-order chi connectivity index (χ1) is 8.51. The summed E-state index contributed by atoms with van der Waals surface area (Å²) < 4.78 is 26.0. The Hall–Kier alpha value is -0.990. The van der Waals surface area contributed by atoms with Crippen LogP contribution < -0.4 is 5.23 Å². The lowest BCUT2D eigenvalue weighted by molar-refractivity contribution is -0.991. The zero-order valence-electron chi connectivity index (χ0n) is 9.87. The number of rotatable bonds is 3. The van der Waals surface area contributed by atoms with Crippen LogP contribution in [0.15, 0.2) is 29.2 Å². The average molecular weight is 272 g/mol. The van der Waals surface area contributed by atoms with Gasteiger partial charge in [-0.05, 0) is 18.9 Å². The van der Waals surface area contributed by atoms with E-state index in [1.807, 2.05) is 0 Å². The van der Waals surface area contributed by atoms with Gasteiger partial charge in [-0.1, -0.05) is 12.5 Å². The fourth-order valence-corrected chi connectivity index (χ4v) is 3.61. The van der Waals surface area contributed by atoms with Crippen LogP contribution in [0.3, 0.4) is 0 Å². The molecular formula is C11H16N2O4S. The van der Waals surface area contributed by atoms with Gasteiger partial charge in [-0.3, -0.25) is 0 Å². The number of quaternary nitrogens is 1. The van der Waals surface area contributed by atoms with Crippen molar-refractivity contribution >= 4 is 15.7 Å². The molecule has 100 valence electrons. The van der Waals surface area contributed by atoms with Gasteiger partial charge in [0.1, 0.15) is 0 Å². The van der Waals surface area contributed by atoms with Crippen molar-refractivity contribution in [2.24, 2.45) is 0 Å². The topological polar surface area (TPSA) is 85.1 Å². The van der Waals surface area contributed by atoms with Gasteiger partial charge in [0.2, 0.25) is 10.0 Å². The number of hydrogen-bond donors (Lipinski definition) is 2. The van der Waals surface area contributed by atoms with E-state index in [-0.39, 0.29) is 10.6 Å². The molecule has 1 atom stereocenters. The van der Waals surface area contributed by atoms with Crippen LogP contribution in [-0.2, 0) is 10.0 Å². The number of nitrogens with zero attached hydrogens (tertiary/aromatic N) is 1. The van der Waals surface area contributed by atoms with Gasteiger partial charge in [-0.25, -0.2) is 13.6 Å². The molecule has 2 rings (SSSR count). The molecule has 6 nitrogen and oxygen atoms in total. The normalized spacial score (nSPS) is 19.7. The average Bonchev–Trinajstić information content (AvgIpc) is 2.40. The van der Waals surface area contributed by atoms with E-state index in [4.69, 9.17) is 5.21 Å². The van der Waals surface area contributed by atoms with Crippen LogP contribution in [-0.4, -0.2) is 31.0 Å². The van der Waals surface area contributed by atoms with Gasteiger partial charge in [0.05, 0.1) is 4.90 Å². The lowest BCUT2D eigenvalue weighted by atomic mass is 10.2. The summed E-state index contributed by atoms with van der Waals surface area (Å²) in [6, 6.07) is 5.50. The summed E-state index contributed by atoms with van der Waals surface area (Å²) in [6.45, 7) is 1.03. The molecule has 0 radical (unpaired) electrons. The third-order valence-electron chi connectivity index (χ3n) is 3.03. The molecule has 7 heteroatoms. The van der Waals surface area contributed by atoms with Crippen LogP contribution in [0.1, 0.15) is 19.3 Å². The van der Waals surface area contributed by atoms with Gasteiger partial charge in [0.25, 0.3) is 0 Å². The largest absolute Gasteiger partial charge is 0.595 e. The first-order valence-corrected chi connectivity index (χ1v) is 7.29. The second-order valence-electron chi connectivity index (χ2n) is 4.30. The Balaban J connectivity index is 2.31. The Bertz CT molecular complexity index is 510. The summed E-state index contributed by atoms with van der Waals surface area (Å²) in [5, 5.41) is 18.6. The van der Waals surface area contributed by atoms with Crippen molar-refractivity contribution in [1.82, 2.24) is 4.31 Å². The van der Waals surface area contributed by atoms with Crippen molar-refractivity contribution in [3.8, 4) is 0 Å². The standard InChI is InChI=1S/C11H16N2O4S/c14-13(15)10-5-4-6-11(9-10)18(16,17)12-7-2-1-3-8-12/h4-6,9,13-14H,1-3,7-8H2. The Labute approximate surface area is 106 Å². The molecule has 1 saturated heterocycles. The van der Waals surface area contributed by atoms with Crippen LogP contribution in [0.2, 0.25) is 0 Å². The molecule has 1 fully saturated rings. The zero-order valence-corrected chi connectivity index (χ0v) is 10.7. The Morgan fingerprint density at radius 1 is 1.22 bits per heavy atom. The van der Waals surface area contributed by atoms with Crippen LogP contribution in [0, 0.1) is 5.21 Å². The number of benzene rings is 1. The first-order valence-electron chi connectivity index (χ1n) is 5.85. The van der Waals surface area contributed by atoms with Crippen molar-refractivity contribution in [1.29, 1.82) is 0 Å². The Morgan fingerprint density at radius 2 is 1.89 bits per heavy atom. The highest BCUT2D eigenvalue weighted by Crippen LogP contribution is 2.21.